The highest BCUT2D eigenvalue weighted by Crippen LogP contribution is 1.97. The van der Waals surface area contributed by atoms with Crippen molar-refractivity contribution in [1.82, 2.24) is 9.88 Å². The van der Waals surface area contributed by atoms with Gasteiger partial charge in [0.25, 0.3) is 0 Å². The lowest BCUT2D eigenvalue weighted by Gasteiger charge is -2.09. The van der Waals surface area contributed by atoms with Gasteiger partial charge in [-0.25, -0.2) is 0 Å². The smallest absolute Gasteiger partial charge is 0.224 e. The van der Waals surface area contributed by atoms with Gasteiger partial charge in [0.1, 0.15) is 0 Å². The van der Waals surface area contributed by atoms with Crippen LogP contribution in [-0.4, -0.2) is 22.9 Å². The summed E-state index contributed by atoms with van der Waals surface area (Å²) in [7, 11) is 0. The molecule has 1 rings (SSSR count). The van der Waals surface area contributed by atoms with Crippen LogP contribution in [0.2, 0.25) is 0 Å². The summed E-state index contributed by atoms with van der Waals surface area (Å²) in [6, 6.07) is 3.92. The molecule has 1 heterocycles. The number of hydrogen-bond acceptors (Lipinski definition) is 1. The van der Waals surface area contributed by atoms with Crippen LogP contribution in [0.3, 0.4) is 0 Å². The Bertz CT molecular complexity index is 272. The van der Waals surface area contributed by atoms with Crippen LogP contribution in [0.15, 0.2) is 24.5 Å². The molecular formula is C10H15ClN2O. The fraction of sp³-hybridized carbons (Fsp3) is 0.500. The first-order valence-electron chi connectivity index (χ1n) is 4.68. The molecule has 0 aliphatic heterocycles. The van der Waals surface area contributed by atoms with E-state index < -0.39 is 0 Å². The lowest BCUT2D eigenvalue weighted by atomic mass is 10.2. The molecule has 0 aliphatic carbocycles. The van der Waals surface area contributed by atoms with E-state index in [0.29, 0.717) is 12.4 Å². The molecule has 0 bridgehead atoms. The predicted octanol–water partition coefficient (Wildman–Crippen LogP) is 1.48. The van der Waals surface area contributed by atoms with E-state index in [4.69, 9.17) is 11.6 Å². The van der Waals surface area contributed by atoms with Crippen molar-refractivity contribution >= 4 is 17.5 Å². The molecule has 0 fully saturated rings. The Hall–Kier alpha value is -0.960. The number of amides is 1. The first-order valence-corrected chi connectivity index (χ1v) is 5.22. The highest BCUT2D eigenvalue weighted by molar-refractivity contribution is 6.19. The van der Waals surface area contributed by atoms with Crippen LogP contribution < -0.4 is 5.32 Å². The number of carbonyl (C=O) groups excluding carboxylic acids is 1. The second kappa shape index (κ2) is 5.70. The van der Waals surface area contributed by atoms with Gasteiger partial charge in [0.2, 0.25) is 5.91 Å². The number of hydrogen-bond donors (Lipinski definition) is 1. The molecule has 1 amide bonds. The molecule has 4 heteroatoms. The second-order valence-electron chi connectivity index (χ2n) is 3.27. The summed E-state index contributed by atoms with van der Waals surface area (Å²) in [6.45, 7) is 3.26. The van der Waals surface area contributed by atoms with Crippen molar-refractivity contribution in [2.75, 3.05) is 12.4 Å². The average molecular weight is 215 g/mol. The minimum atomic E-state index is -0.110. The Morgan fingerprint density at radius 2 is 2.14 bits per heavy atom. The molecule has 78 valence electrons. The van der Waals surface area contributed by atoms with E-state index in [1.807, 2.05) is 36.0 Å². The first-order chi connectivity index (χ1) is 6.74. The fourth-order valence-corrected chi connectivity index (χ4v) is 1.21. The number of nitrogens with zero attached hydrogens (tertiary/aromatic N) is 1. The van der Waals surface area contributed by atoms with Gasteiger partial charge in [-0.3, -0.25) is 4.79 Å². The lowest BCUT2D eigenvalue weighted by molar-refractivity contribution is -0.123. The third-order valence-electron chi connectivity index (χ3n) is 2.01. The zero-order chi connectivity index (χ0) is 10.4. The number of alkyl halides is 1. The molecule has 3 nitrogen and oxygen atoms in total. The van der Waals surface area contributed by atoms with Crippen LogP contribution in [0.25, 0.3) is 0 Å². The fourth-order valence-electron chi connectivity index (χ4n) is 1.07. The number of aromatic nitrogens is 1. The maximum atomic E-state index is 11.3. The summed E-state index contributed by atoms with van der Waals surface area (Å²) in [4.78, 5) is 11.3. The molecule has 0 radical (unpaired) electrons. The summed E-state index contributed by atoms with van der Waals surface area (Å²) in [5.74, 6) is 0.281. The molecule has 1 unspecified atom stereocenters. The molecule has 0 saturated carbocycles. The molecule has 1 aromatic rings. The monoisotopic (exact) mass is 214 g/mol. The summed E-state index contributed by atoms with van der Waals surface area (Å²) >= 11 is 5.56. The van der Waals surface area contributed by atoms with Crippen molar-refractivity contribution in [3.8, 4) is 0 Å². The van der Waals surface area contributed by atoms with Crippen molar-refractivity contribution < 1.29 is 4.79 Å². The van der Waals surface area contributed by atoms with Gasteiger partial charge < -0.3 is 9.88 Å². The SMILES string of the molecule is CC(CCl)C(=O)NCCn1cccc1. The Morgan fingerprint density at radius 3 is 2.71 bits per heavy atom. The molecule has 0 saturated heterocycles. The topological polar surface area (TPSA) is 34.0 Å². The maximum absolute atomic E-state index is 11.3. The van der Waals surface area contributed by atoms with Crippen molar-refractivity contribution in [2.45, 2.75) is 13.5 Å². The summed E-state index contributed by atoms with van der Waals surface area (Å²) < 4.78 is 2.02. The van der Waals surface area contributed by atoms with E-state index in [-0.39, 0.29) is 11.8 Å². The molecule has 0 spiro atoms. The number of rotatable bonds is 5. The molecule has 0 aliphatic rings. The number of carbonyl (C=O) groups is 1. The quantitative estimate of drug-likeness (QED) is 0.741. The van der Waals surface area contributed by atoms with Crippen LogP contribution >= 0.6 is 11.6 Å². The lowest BCUT2D eigenvalue weighted by Crippen LogP contribution is -2.32. The van der Waals surface area contributed by atoms with Gasteiger partial charge in [0.15, 0.2) is 0 Å². The molecule has 14 heavy (non-hydrogen) atoms. The normalized spacial score (nSPS) is 12.4. The average Bonchev–Trinajstić information content (AvgIpc) is 2.69. The van der Waals surface area contributed by atoms with E-state index in [1.165, 1.54) is 0 Å². The molecule has 1 atom stereocenters. The third kappa shape index (κ3) is 3.42. The van der Waals surface area contributed by atoms with Crippen LogP contribution in [-0.2, 0) is 11.3 Å². The third-order valence-corrected chi connectivity index (χ3v) is 2.48. The summed E-state index contributed by atoms with van der Waals surface area (Å²) in [5, 5.41) is 2.83. The molecule has 1 N–H and O–H groups in total. The number of halogens is 1. The first kappa shape index (κ1) is 11.1. The standard InChI is InChI=1S/C10H15ClN2O/c1-9(8-11)10(14)12-4-7-13-5-2-3-6-13/h2-3,5-6,9H,4,7-8H2,1H3,(H,12,14). The van der Waals surface area contributed by atoms with Crippen LogP contribution in [0.5, 0.6) is 0 Å². The van der Waals surface area contributed by atoms with Gasteiger partial charge in [-0.1, -0.05) is 6.92 Å². The van der Waals surface area contributed by atoms with E-state index in [2.05, 4.69) is 5.32 Å². The second-order valence-corrected chi connectivity index (χ2v) is 3.58. The largest absolute Gasteiger partial charge is 0.354 e. The van der Waals surface area contributed by atoms with Crippen LogP contribution in [0, 0.1) is 5.92 Å². The van der Waals surface area contributed by atoms with Crippen molar-refractivity contribution in [2.24, 2.45) is 5.92 Å². The van der Waals surface area contributed by atoms with E-state index in [0.717, 1.165) is 6.54 Å². The van der Waals surface area contributed by atoms with Gasteiger partial charge in [-0.15, -0.1) is 11.6 Å². The maximum Gasteiger partial charge on any atom is 0.224 e. The highest BCUT2D eigenvalue weighted by Gasteiger charge is 2.09. The zero-order valence-corrected chi connectivity index (χ0v) is 9.00. The van der Waals surface area contributed by atoms with Gasteiger partial charge in [0.05, 0.1) is 0 Å². The van der Waals surface area contributed by atoms with Gasteiger partial charge in [-0.05, 0) is 12.1 Å². The van der Waals surface area contributed by atoms with Crippen LogP contribution in [0.4, 0.5) is 0 Å². The van der Waals surface area contributed by atoms with Crippen molar-refractivity contribution in [3.05, 3.63) is 24.5 Å². The minimum absolute atomic E-state index is 0.0205. The molecule has 0 aromatic carbocycles. The highest BCUT2D eigenvalue weighted by atomic mass is 35.5. The number of nitrogens with one attached hydrogen (secondary N) is 1. The zero-order valence-electron chi connectivity index (χ0n) is 8.24. The van der Waals surface area contributed by atoms with Gasteiger partial charge in [-0.2, -0.15) is 0 Å². The molecular weight excluding hydrogens is 200 g/mol. The Balaban J connectivity index is 2.18. The van der Waals surface area contributed by atoms with Crippen LogP contribution in [0.1, 0.15) is 6.92 Å². The van der Waals surface area contributed by atoms with Crippen molar-refractivity contribution in [3.63, 3.8) is 0 Å². The molecule has 1 aromatic heterocycles. The van der Waals surface area contributed by atoms with E-state index >= 15 is 0 Å². The van der Waals surface area contributed by atoms with E-state index in [1.54, 1.807) is 0 Å². The summed E-state index contributed by atoms with van der Waals surface area (Å²) in [6.07, 6.45) is 3.94. The Labute approximate surface area is 89.1 Å². The Morgan fingerprint density at radius 1 is 1.50 bits per heavy atom. The predicted molar refractivity (Wildman–Crippen MR) is 57.3 cm³/mol. The Kier molecular flexibility index (Phi) is 4.53. The minimum Gasteiger partial charge on any atom is -0.354 e. The van der Waals surface area contributed by atoms with Crippen molar-refractivity contribution in [1.29, 1.82) is 0 Å². The summed E-state index contributed by atoms with van der Waals surface area (Å²) in [5.41, 5.74) is 0. The van der Waals surface area contributed by atoms with Gasteiger partial charge >= 0.3 is 0 Å². The van der Waals surface area contributed by atoms with E-state index in [9.17, 15) is 4.79 Å². The van der Waals surface area contributed by atoms with Gasteiger partial charge in [0, 0.05) is 37.3 Å².